The molecule has 1 aromatic carbocycles. The number of phenols is 1. The lowest BCUT2D eigenvalue weighted by Gasteiger charge is -1.97. The van der Waals surface area contributed by atoms with Gasteiger partial charge in [0.2, 0.25) is 0 Å². The van der Waals surface area contributed by atoms with Gasteiger partial charge in [-0.1, -0.05) is 0 Å². The van der Waals surface area contributed by atoms with Gasteiger partial charge in [0.25, 0.3) is 0 Å². The number of nitrogens with two attached hydrogens (primary N) is 1. The molecule has 0 fully saturated rings. The molecule has 0 aromatic heterocycles. The van der Waals surface area contributed by atoms with Crippen LogP contribution in [-0.2, 0) is 0 Å². The molecule has 4 heteroatoms. The molecule has 0 bridgehead atoms. The Hall–Kier alpha value is -0.780. The number of benzene rings is 1. The number of hydrazone groups is 1. The minimum absolute atomic E-state index is 0.223. The van der Waals surface area contributed by atoms with Gasteiger partial charge in [-0.2, -0.15) is 5.10 Å². The van der Waals surface area contributed by atoms with Crippen LogP contribution in [0.25, 0.3) is 0 Å². The second-order valence-corrected chi connectivity index (χ2v) is 3.15. The van der Waals surface area contributed by atoms with Crippen LogP contribution in [0, 0.1) is 3.57 Å². The lowest BCUT2D eigenvalue weighted by Crippen LogP contribution is -1.89. The van der Waals surface area contributed by atoms with Crippen LogP contribution in [0.2, 0.25) is 0 Å². The van der Waals surface area contributed by atoms with Crippen molar-refractivity contribution in [3.8, 4) is 5.75 Å². The summed E-state index contributed by atoms with van der Waals surface area (Å²) in [6, 6.07) is 5.03. The maximum absolute atomic E-state index is 9.06. The molecular formula is C7H7IN2O. The van der Waals surface area contributed by atoms with Gasteiger partial charge >= 0.3 is 0 Å². The quantitative estimate of drug-likeness (QED) is 0.347. The van der Waals surface area contributed by atoms with Crippen molar-refractivity contribution in [3.05, 3.63) is 27.3 Å². The summed E-state index contributed by atoms with van der Waals surface area (Å²) < 4.78 is 1.01. The van der Waals surface area contributed by atoms with E-state index in [2.05, 4.69) is 27.7 Å². The zero-order valence-electron chi connectivity index (χ0n) is 5.66. The number of halogens is 1. The van der Waals surface area contributed by atoms with E-state index in [-0.39, 0.29) is 5.75 Å². The summed E-state index contributed by atoms with van der Waals surface area (Å²) in [4.78, 5) is 0. The molecule has 0 aliphatic carbocycles. The molecule has 0 spiro atoms. The van der Waals surface area contributed by atoms with Crippen LogP contribution >= 0.6 is 22.6 Å². The fraction of sp³-hybridized carbons (Fsp3) is 0. The molecule has 0 amide bonds. The van der Waals surface area contributed by atoms with Crippen molar-refractivity contribution < 1.29 is 5.11 Å². The molecule has 0 saturated carbocycles. The van der Waals surface area contributed by atoms with Gasteiger partial charge in [-0.15, -0.1) is 0 Å². The number of nitrogens with zero attached hydrogens (tertiary/aromatic N) is 1. The van der Waals surface area contributed by atoms with E-state index < -0.39 is 0 Å². The Morgan fingerprint density at radius 1 is 1.55 bits per heavy atom. The van der Waals surface area contributed by atoms with Gasteiger partial charge < -0.3 is 10.9 Å². The van der Waals surface area contributed by atoms with Crippen LogP contribution in [0.4, 0.5) is 0 Å². The second kappa shape index (κ2) is 3.56. The zero-order valence-corrected chi connectivity index (χ0v) is 7.82. The summed E-state index contributed by atoms with van der Waals surface area (Å²) in [6.07, 6.45) is 1.50. The molecule has 0 radical (unpaired) electrons. The van der Waals surface area contributed by atoms with Gasteiger partial charge in [0.1, 0.15) is 5.75 Å². The molecule has 0 atom stereocenters. The van der Waals surface area contributed by atoms with Gasteiger partial charge in [-0.3, -0.25) is 0 Å². The first-order valence-electron chi connectivity index (χ1n) is 2.96. The Morgan fingerprint density at radius 2 is 2.27 bits per heavy atom. The molecule has 1 aromatic rings. The van der Waals surface area contributed by atoms with Crippen LogP contribution in [0.15, 0.2) is 23.3 Å². The zero-order chi connectivity index (χ0) is 8.27. The smallest absolute Gasteiger partial charge is 0.116 e. The molecular weight excluding hydrogens is 255 g/mol. The summed E-state index contributed by atoms with van der Waals surface area (Å²) in [6.45, 7) is 0. The van der Waals surface area contributed by atoms with E-state index >= 15 is 0 Å². The Balaban J connectivity index is 3.12. The highest BCUT2D eigenvalue weighted by Crippen LogP contribution is 2.16. The third kappa shape index (κ3) is 2.07. The highest BCUT2D eigenvalue weighted by atomic mass is 127. The highest BCUT2D eigenvalue weighted by Gasteiger charge is 1.96. The molecule has 0 saturated heterocycles. The van der Waals surface area contributed by atoms with Crippen molar-refractivity contribution >= 4 is 28.8 Å². The number of aromatic hydroxyl groups is 1. The van der Waals surface area contributed by atoms with Crippen molar-refractivity contribution in [2.45, 2.75) is 0 Å². The summed E-state index contributed by atoms with van der Waals surface area (Å²) in [5.41, 5.74) is 0.827. The first-order chi connectivity index (χ1) is 5.24. The fourth-order valence-electron chi connectivity index (χ4n) is 0.710. The minimum Gasteiger partial charge on any atom is -0.508 e. The van der Waals surface area contributed by atoms with Crippen molar-refractivity contribution in [1.82, 2.24) is 0 Å². The maximum atomic E-state index is 9.06. The topological polar surface area (TPSA) is 58.6 Å². The molecule has 3 N–H and O–H groups in total. The van der Waals surface area contributed by atoms with Crippen molar-refractivity contribution in [3.63, 3.8) is 0 Å². The normalized spacial score (nSPS) is 10.6. The van der Waals surface area contributed by atoms with E-state index in [1.165, 1.54) is 6.21 Å². The van der Waals surface area contributed by atoms with E-state index in [0.29, 0.717) is 0 Å². The predicted octanol–water partition coefficient (Wildman–Crippen LogP) is 1.29. The van der Waals surface area contributed by atoms with Gasteiger partial charge in [0, 0.05) is 9.13 Å². The second-order valence-electron chi connectivity index (χ2n) is 1.98. The van der Waals surface area contributed by atoms with Gasteiger partial charge in [0.15, 0.2) is 0 Å². The van der Waals surface area contributed by atoms with E-state index in [0.717, 1.165) is 9.13 Å². The molecule has 0 heterocycles. The summed E-state index contributed by atoms with van der Waals surface area (Å²) in [5.74, 6) is 5.19. The van der Waals surface area contributed by atoms with Gasteiger partial charge in [0.05, 0.1) is 6.21 Å². The third-order valence-electron chi connectivity index (χ3n) is 1.19. The number of phenolic OH excluding ortho intramolecular Hbond substituents is 1. The van der Waals surface area contributed by atoms with Crippen molar-refractivity contribution in [2.24, 2.45) is 10.9 Å². The van der Waals surface area contributed by atoms with Crippen LogP contribution in [0.1, 0.15) is 5.56 Å². The average Bonchev–Trinajstić information content (AvgIpc) is 1.98. The molecule has 0 aliphatic rings. The predicted molar refractivity (Wildman–Crippen MR) is 52.6 cm³/mol. The molecule has 3 nitrogen and oxygen atoms in total. The summed E-state index contributed by atoms with van der Waals surface area (Å²) >= 11 is 2.14. The van der Waals surface area contributed by atoms with Crippen molar-refractivity contribution in [2.75, 3.05) is 0 Å². The minimum atomic E-state index is 0.223. The third-order valence-corrected chi connectivity index (χ3v) is 2.18. The molecule has 11 heavy (non-hydrogen) atoms. The number of rotatable bonds is 1. The number of hydrogen-bond donors (Lipinski definition) is 2. The summed E-state index contributed by atoms with van der Waals surface area (Å²) in [5, 5.41) is 12.4. The van der Waals surface area contributed by atoms with Gasteiger partial charge in [-0.25, -0.2) is 0 Å². The SMILES string of the molecule is NN=Cc1cc(O)ccc1I. The first-order valence-corrected chi connectivity index (χ1v) is 4.03. The standard InChI is InChI=1S/C7H7IN2O/c8-7-2-1-6(11)3-5(7)4-10-9/h1-4,11H,9H2. The van der Waals surface area contributed by atoms with E-state index in [1.54, 1.807) is 18.2 Å². The molecule has 1 rings (SSSR count). The van der Waals surface area contributed by atoms with E-state index in [4.69, 9.17) is 10.9 Å². The molecule has 0 aliphatic heterocycles. The maximum Gasteiger partial charge on any atom is 0.116 e. The molecule has 58 valence electrons. The first kappa shape index (κ1) is 8.32. The lowest BCUT2D eigenvalue weighted by molar-refractivity contribution is 0.475. The Kier molecular flexibility index (Phi) is 2.70. The Labute approximate surface area is 78.1 Å². The van der Waals surface area contributed by atoms with Crippen LogP contribution < -0.4 is 5.84 Å². The van der Waals surface area contributed by atoms with E-state index in [1.807, 2.05) is 0 Å². The highest BCUT2D eigenvalue weighted by molar-refractivity contribution is 14.1. The van der Waals surface area contributed by atoms with Crippen LogP contribution in [0.5, 0.6) is 5.75 Å². The van der Waals surface area contributed by atoms with Crippen molar-refractivity contribution in [1.29, 1.82) is 0 Å². The van der Waals surface area contributed by atoms with E-state index in [9.17, 15) is 0 Å². The lowest BCUT2D eigenvalue weighted by atomic mass is 10.2. The fourth-order valence-corrected chi connectivity index (χ4v) is 1.19. The summed E-state index contributed by atoms with van der Waals surface area (Å²) in [7, 11) is 0. The monoisotopic (exact) mass is 262 g/mol. The van der Waals surface area contributed by atoms with Crippen LogP contribution in [0.3, 0.4) is 0 Å². The van der Waals surface area contributed by atoms with Gasteiger partial charge in [-0.05, 0) is 40.8 Å². The average molecular weight is 262 g/mol. The van der Waals surface area contributed by atoms with Crippen LogP contribution in [-0.4, -0.2) is 11.3 Å². The Morgan fingerprint density at radius 3 is 2.91 bits per heavy atom. The molecule has 0 unspecified atom stereocenters. The number of hydrogen-bond acceptors (Lipinski definition) is 3. The Bertz CT molecular complexity index is 286. The largest absolute Gasteiger partial charge is 0.508 e.